The Morgan fingerprint density at radius 3 is 2.88 bits per heavy atom. The number of likely N-dealkylation sites (tertiary alicyclic amines) is 1. The van der Waals surface area contributed by atoms with E-state index in [1.165, 1.54) is 17.4 Å². The first kappa shape index (κ1) is 18.8. The number of nitrogens with zero attached hydrogens (tertiary/aromatic N) is 2. The molecule has 0 radical (unpaired) electrons. The molecule has 0 unspecified atom stereocenters. The number of nitrogens with one attached hydrogen (secondary N) is 1. The van der Waals surface area contributed by atoms with Crippen LogP contribution >= 0.6 is 27.3 Å². The number of carbonyl (C=O) groups is 2. The Kier molecular flexibility index (Phi) is 5.87. The molecule has 26 heavy (non-hydrogen) atoms. The van der Waals surface area contributed by atoms with Crippen LogP contribution in [0.4, 0.5) is 9.18 Å². The number of rotatable bonds is 4. The van der Waals surface area contributed by atoms with E-state index < -0.39 is 11.9 Å². The zero-order valence-corrected chi connectivity index (χ0v) is 16.1. The maximum atomic E-state index is 14.2. The highest BCUT2D eigenvalue weighted by atomic mass is 79.9. The van der Waals surface area contributed by atoms with Crippen molar-refractivity contribution in [1.82, 2.24) is 15.2 Å². The number of halogens is 2. The lowest BCUT2D eigenvalue weighted by atomic mass is 10.0. The minimum absolute atomic E-state index is 0.168. The molecule has 1 aromatic heterocycles. The lowest BCUT2D eigenvalue weighted by molar-refractivity contribution is 0.0606. The van der Waals surface area contributed by atoms with Crippen LogP contribution in [0.5, 0.6) is 0 Å². The van der Waals surface area contributed by atoms with Crippen LogP contribution in [-0.4, -0.2) is 46.1 Å². The van der Waals surface area contributed by atoms with Gasteiger partial charge in [0.15, 0.2) is 3.92 Å². The van der Waals surface area contributed by atoms with Crippen molar-refractivity contribution < 1.29 is 19.1 Å². The quantitative estimate of drug-likeness (QED) is 0.751. The van der Waals surface area contributed by atoms with E-state index >= 15 is 0 Å². The Balaban J connectivity index is 1.92. The van der Waals surface area contributed by atoms with Crippen molar-refractivity contribution in [3.63, 3.8) is 0 Å². The Morgan fingerprint density at radius 2 is 2.15 bits per heavy atom. The second-order valence-electron chi connectivity index (χ2n) is 5.96. The summed E-state index contributed by atoms with van der Waals surface area (Å²) in [6.45, 7) is 0.693. The second-order valence-corrected chi connectivity index (χ2v) is 8.23. The summed E-state index contributed by atoms with van der Waals surface area (Å²) in [5.41, 5.74) is 0.519. The van der Waals surface area contributed by atoms with Gasteiger partial charge in [0.1, 0.15) is 11.5 Å². The van der Waals surface area contributed by atoms with Crippen LogP contribution in [0.1, 0.15) is 29.8 Å². The Bertz CT molecular complexity index is 829. The van der Waals surface area contributed by atoms with Crippen molar-refractivity contribution in [3.05, 3.63) is 39.7 Å². The number of amides is 2. The van der Waals surface area contributed by atoms with Gasteiger partial charge in [0, 0.05) is 24.7 Å². The molecule has 2 amide bonds. The number of piperidine rings is 1. The normalized spacial score (nSPS) is 17.2. The molecule has 1 fully saturated rings. The van der Waals surface area contributed by atoms with E-state index in [9.17, 15) is 14.0 Å². The molecule has 1 atom stereocenters. The van der Waals surface area contributed by atoms with Crippen molar-refractivity contribution in [1.29, 1.82) is 0 Å². The molecule has 0 aliphatic carbocycles. The number of carboxylic acid groups (broad SMARTS) is 1. The molecule has 0 saturated carbocycles. The third-order valence-electron chi connectivity index (χ3n) is 4.30. The van der Waals surface area contributed by atoms with E-state index in [4.69, 9.17) is 5.11 Å². The van der Waals surface area contributed by atoms with Crippen LogP contribution in [0, 0.1) is 5.82 Å². The smallest absolute Gasteiger partial charge is 0.404 e. The molecule has 2 heterocycles. The van der Waals surface area contributed by atoms with Crippen LogP contribution in [0.15, 0.2) is 28.2 Å². The number of hydrogen-bond donors (Lipinski definition) is 2. The number of thiazole rings is 1. The fraction of sp³-hybridized carbons (Fsp3) is 0.353. The maximum absolute atomic E-state index is 14.2. The molecular weight excluding hydrogens is 425 g/mol. The van der Waals surface area contributed by atoms with Gasteiger partial charge in [-0.3, -0.25) is 4.79 Å². The minimum Gasteiger partial charge on any atom is -0.465 e. The molecule has 1 aliphatic heterocycles. The lowest BCUT2D eigenvalue weighted by Gasteiger charge is -2.35. The van der Waals surface area contributed by atoms with Crippen LogP contribution in [-0.2, 0) is 0 Å². The highest BCUT2D eigenvalue weighted by Gasteiger charge is 2.31. The standard InChI is InChI=1S/C17H17BrFN3O3S/c18-16-21-13(14(26-16)11-6-1-2-7-12(11)19)15(23)22-8-4-3-5-10(22)9-20-17(24)25/h1-2,6-7,10,20H,3-5,8-9H2,(H,24,25)/t10-/m0/s1. The fourth-order valence-corrected chi connectivity index (χ4v) is 4.56. The molecule has 0 spiro atoms. The monoisotopic (exact) mass is 441 g/mol. The number of hydrogen-bond acceptors (Lipinski definition) is 4. The fourth-order valence-electron chi connectivity index (χ4n) is 3.09. The maximum Gasteiger partial charge on any atom is 0.404 e. The van der Waals surface area contributed by atoms with Crippen molar-refractivity contribution in [2.45, 2.75) is 25.3 Å². The summed E-state index contributed by atoms with van der Waals surface area (Å²) < 4.78 is 14.7. The van der Waals surface area contributed by atoms with E-state index in [2.05, 4.69) is 26.2 Å². The zero-order chi connectivity index (χ0) is 18.7. The van der Waals surface area contributed by atoms with Crippen LogP contribution in [0.3, 0.4) is 0 Å². The molecule has 1 aliphatic rings. The van der Waals surface area contributed by atoms with Gasteiger partial charge >= 0.3 is 6.09 Å². The summed E-state index contributed by atoms with van der Waals surface area (Å²) in [6, 6.07) is 6.03. The molecule has 9 heteroatoms. The van der Waals surface area contributed by atoms with Gasteiger partial charge in [-0.1, -0.05) is 18.2 Å². The SMILES string of the molecule is O=C(O)NC[C@@H]1CCCCN1C(=O)c1nc(Br)sc1-c1ccccc1F. The molecule has 1 aromatic carbocycles. The number of carbonyl (C=O) groups excluding carboxylic acids is 1. The summed E-state index contributed by atoms with van der Waals surface area (Å²) in [5.74, 6) is -0.720. The van der Waals surface area contributed by atoms with Gasteiger partial charge in [-0.15, -0.1) is 11.3 Å². The van der Waals surface area contributed by atoms with Crippen molar-refractivity contribution in [3.8, 4) is 10.4 Å². The van der Waals surface area contributed by atoms with Crippen molar-refractivity contribution in [2.24, 2.45) is 0 Å². The summed E-state index contributed by atoms with van der Waals surface area (Å²) in [6.07, 6.45) is 1.37. The topological polar surface area (TPSA) is 82.5 Å². The molecule has 6 nitrogen and oxygen atoms in total. The Hall–Kier alpha value is -2.00. The van der Waals surface area contributed by atoms with Gasteiger partial charge in [-0.25, -0.2) is 14.2 Å². The largest absolute Gasteiger partial charge is 0.465 e. The first-order valence-electron chi connectivity index (χ1n) is 8.16. The summed E-state index contributed by atoms with van der Waals surface area (Å²) >= 11 is 4.49. The van der Waals surface area contributed by atoms with E-state index in [1.807, 2.05) is 0 Å². The minimum atomic E-state index is -1.12. The highest BCUT2D eigenvalue weighted by Crippen LogP contribution is 2.36. The van der Waals surface area contributed by atoms with Crippen LogP contribution < -0.4 is 5.32 Å². The van der Waals surface area contributed by atoms with Gasteiger partial charge in [0.05, 0.1) is 4.88 Å². The van der Waals surface area contributed by atoms with Gasteiger partial charge in [0.2, 0.25) is 0 Å². The predicted molar refractivity (Wildman–Crippen MR) is 99.9 cm³/mol. The third kappa shape index (κ3) is 4.04. The molecular formula is C17H17BrFN3O3S. The van der Waals surface area contributed by atoms with Gasteiger partial charge in [-0.2, -0.15) is 0 Å². The summed E-state index contributed by atoms with van der Waals surface area (Å²) in [5, 5.41) is 11.2. The average molecular weight is 442 g/mol. The first-order chi connectivity index (χ1) is 12.5. The third-order valence-corrected chi connectivity index (χ3v) is 5.84. The van der Waals surface area contributed by atoms with Crippen LogP contribution in [0.25, 0.3) is 10.4 Å². The first-order valence-corrected chi connectivity index (χ1v) is 9.77. The van der Waals surface area contributed by atoms with E-state index in [1.54, 1.807) is 23.1 Å². The second kappa shape index (κ2) is 8.13. The molecule has 2 N–H and O–H groups in total. The lowest BCUT2D eigenvalue weighted by Crippen LogP contribution is -2.49. The average Bonchev–Trinajstić information content (AvgIpc) is 3.01. The van der Waals surface area contributed by atoms with E-state index in [-0.39, 0.29) is 24.2 Å². The number of benzene rings is 1. The predicted octanol–water partition coefficient (Wildman–Crippen LogP) is 3.97. The molecule has 2 aromatic rings. The van der Waals surface area contributed by atoms with Crippen molar-refractivity contribution in [2.75, 3.05) is 13.1 Å². The molecule has 1 saturated heterocycles. The Morgan fingerprint density at radius 1 is 1.38 bits per heavy atom. The highest BCUT2D eigenvalue weighted by molar-refractivity contribution is 9.11. The van der Waals surface area contributed by atoms with E-state index in [0.29, 0.717) is 27.3 Å². The Labute approximate surface area is 162 Å². The van der Waals surface area contributed by atoms with Gasteiger partial charge in [-0.05, 0) is 41.3 Å². The van der Waals surface area contributed by atoms with Gasteiger partial charge in [0.25, 0.3) is 5.91 Å². The van der Waals surface area contributed by atoms with Crippen molar-refractivity contribution >= 4 is 39.3 Å². The molecule has 138 valence electrons. The zero-order valence-electron chi connectivity index (χ0n) is 13.7. The van der Waals surface area contributed by atoms with E-state index in [0.717, 1.165) is 12.8 Å². The molecule has 3 rings (SSSR count). The van der Waals surface area contributed by atoms with Gasteiger partial charge < -0.3 is 15.3 Å². The number of aromatic nitrogens is 1. The summed E-state index contributed by atoms with van der Waals surface area (Å²) in [7, 11) is 0. The van der Waals surface area contributed by atoms with Crippen LogP contribution in [0.2, 0.25) is 0 Å². The molecule has 0 bridgehead atoms. The summed E-state index contributed by atoms with van der Waals surface area (Å²) in [4.78, 5) is 30.3.